The van der Waals surface area contributed by atoms with E-state index in [0.717, 1.165) is 59.7 Å². The largest absolute Gasteiger partial charge is 0.340 e. The van der Waals surface area contributed by atoms with Crippen LogP contribution in [0.5, 0.6) is 0 Å². The van der Waals surface area contributed by atoms with Crippen molar-refractivity contribution in [2.24, 2.45) is 0 Å². The van der Waals surface area contributed by atoms with Crippen molar-refractivity contribution in [3.8, 4) is 35.5 Å². The molecule has 0 radical (unpaired) electrons. The van der Waals surface area contributed by atoms with E-state index in [9.17, 15) is 0 Å². The molecule has 0 bridgehead atoms. The van der Waals surface area contributed by atoms with Crippen molar-refractivity contribution in [1.29, 1.82) is 0 Å². The lowest BCUT2D eigenvalue weighted by Gasteiger charge is -2.25. The first-order valence-corrected chi connectivity index (χ1v) is 24.5. The second-order valence-electron chi connectivity index (χ2n) is 17.5. The number of unbranched alkanes of at least 4 members (excludes halogenated alkanes) is 6. The van der Waals surface area contributed by atoms with Crippen LogP contribution < -0.4 is 4.90 Å². The molecule has 0 saturated carbocycles. The van der Waals surface area contributed by atoms with E-state index in [4.69, 9.17) is 15.0 Å². The number of fused-ring (bicyclic) bond motifs is 6. The Morgan fingerprint density at radius 2 is 0.725 bits per heavy atom. The van der Waals surface area contributed by atoms with Crippen LogP contribution in [0, 0.1) is 35.5 Å². The number of benzene rings is 7. The van der Waals surface area contributed by atoms with E-state index in [1.807, 2.05) is 24.3 Å². The summed E-state index contributed by atoms with van der Waals surface area (Å²) in [7, 11) is 0. The summed E-state index contributed by atoms with van der Waals surface area (Å²) in [5.41, 5.74) is 10.7. The van der Waals surface area contributed by atoms with Crippen molar-refractivity contribution < 1.29 is 0 Å². The second kappa shape index (κ2) is 21.1. The molecule has 3 heterocycles. The molecule has 0 unspecified atom stereocenters. The van der Waals surface area contributed by atoms with Gasteiger partial charge < -0.3 is 14.0 Å². The van der Waals surface area contributed by atoms with Gasteiger partial charge >= 0.3 is 0 Å². The van der Waals surface area contributed by atoms with Crippen molar-refractivity contribution in [3.05, 3.63) is 204 Å². The highest BCUT2D eigenvalue weighted by Gasteiger charge is 2.14. The Morgan fingerprint density at radius 1 is 0.348 bits per heavy atom. The fraction of sp³-hybridized carbons (Fsp3) is 0.190. The standard InChI is InChI=1S/C63H54N6/c1-3-5-7-19-43-67-57-27-17-15-25-53(57)55-45-48(31-38-59(55)67)34-41-62-64-61(40-33-47-29-36-52(37-30-47)69(50-21-11-9-12-22-50)51-23-13-10-14-24-51)65-63(66-62)42-35-49-32-39-60-56(46-49)54-26-16-18-28-58(54)68(60)44-20-8-6-4-2/h9-18,21-32,36-39,45-46H,3-8,19-20,43-44H2,1-2H3. The topological polar surface area (TPSA) is 51.8 Å². The third-order valence-electron chi connectivity index (χ3n) is 12.8. The maximum atomic E-state index is 4.79. The van der Waals surface area contributed by atoms with Gasteiger partial charge in [-0.15, -0.1) is 0 Å². The molecule has 0 saturated heterocycles. The fourth-order valence-corrected chi connectivity index (χ4v) is 9.36. The number of para-hydroxylation sites is 4. The van der Waals surface area contributed by atoms with Crippen LogP contribution in [0.4, 0.5) is 17.1 Å². The predicted octanol–water partition coefficient (Wildman–Crippen LogP) is 14.9. The third-order valence-corrected chi connectivity index (χ3v) is 12.8. The maximum absolute atomic E-state index is 4.79. The summed E-state index contributed by atoms with van der Waals surface area (Å²) in [5, 5.41) is 4.86. The molecule has 0 aliphatic heterocycles. The molecule has 0 aliphatic rings. The molecule has 0 fully saturated rings. The normalized spacial score (nSPS) is 11.0. The number of aromatic nitrogens is 5. The van der Waals surface area contributed by atoms with E-state index in [0.29, 0.717) is 17.5 Å². The molecule has 6 nitrogen and oxygen atoms in total. The van der Waals surface area contributed by atoms with Gasteiger partial charge in [0.15, 0.2) is 0 Å². The Hall–Kier alpha value is -8.37. The number of hydrogen-bond acceptors (Lipinski definition) is 4. The minimum atomic E-state index is 0.307. The molecule has 7 aromatic carbocycles. The van der Waals surface area contributed by atoms with Crippen molar-refractivity contribution >= 4 is 60.7 Å². The summed E-state index contributed by atoms with van der Waals surface area (Å²) in [5.74, 6) is 20.8. The van der Waals surface area contributed by atoms with E-state index >= 15 is 0 Å². The zero-order valence-electron chi connectivity index (χ0n) is 39.4. The number of nitrogens with zero attached hydrogens (tertiary/aromatic N) is 6. The monoisotopic (exact) mass is 894 g/mol. The Kier molecular flexibility index (Phi) is 13.6. The quantitative estimate of drug-likeness (QED) is 0.0855. The van der Waals surface area contributed by atoms with E-state index in [2.05, 4.69) is 209 Å². The first kappa shape index (κ1) is 44.5. The average molecular weight is 895 g/mol. The Morgan fingerprint density at radius 3 is 1.17 bits per heavy atom. The van der Waals surface area contributed by atoms with Gasteiger partial charge in [-0.1, -0.05) is 143 Å². The lowest BCUT2D eigenvalue weighted by atomic mass is 10.1. The molecule has 69 heavy (non-hydrogen) atoms. The summed E-state index contributed by atoms with van der Waals surface area (Å²) in [6.45, 7) is 6.50. The van der Waals surface area contributed by atoms with Crippen molar-refractivity contribution in [1.82, 2.24) is 24.1 Å². The average Bonchev–Trinajstić information content (AvgIpc) is 3.89. The van der Waals surface area contributed by atoms with E-state index in [-0.39, 0.29) is 0 Å². The molecule has 336 valence electrons. The molecule has 10 aromatic rings. The molecule has 0 N–H and O–H groups in total. The van der Waals surface area contributed by atoms with Crippen molar-refractivity contribution in [2.75, 3.05) is 4.90 Å². The van der Waals surface area contributed by atoms with Crippen LogP contribution in [0.25, 0.3) is 43.6 Å². The fourth-order valence-electron chi connectivity index (χ4n) is 9.36. The molecular formula is C63H54N6. The van der Waals surface area contributed by atoms with Crippen LogP contribution >= 0.6 is 0 Å². The van der Waals surface area contributed by atoms with Gasteiger partial charge in [0, 0.05) is 90.5 Å². The highest BCUT2D eigenvalue weighted by atomic mass is 15.1. The summed E-state index contributed by atoms with van der Waals surface area (Å²) in [4.78, 5) is 16.6. The van der Waals surface area contributed by atoms with Gasteiger partial charge in [0.1, 0.15) is 0 Å². The Balaban J connectivity index is 0.996. The lowest BCUT2D eigenvalue weighted by molar-refractivity contribution is 0.602. The zero-order chi connectivity index (χ0) is 46.8. The second-order valence-corrected chi connectivity index (χ2v) is 17.5. The molecule has 0 aliphatic carbocycles. The summed E-state index contributed by atoms with van der Waals surface area (Å²) < 4.78 is 4.92. The van der Waals surface area contributed by atoms with Crippen LogP contribution in [0.1, 0.15) is 99.4 Å². The molecular weight excluding hydrogens is 841 g/mol. The van der Waals surface area contributed by atoms with Crippen LogP contribution in [0.3, 0.4) is 0 Å². The molecule has 0 atom stereocenters. The van der Waals surface area contributed by atoms with Gasteiger partial charge in [0.05, 0.1) is 0 Å². The van der Waals surface area contributed by atoms with Gasteiger partial charge in [-0.3, -0.25) is 0 Å². The molecule has 0 amide bonds. The van der Waals surface area contributed by atoms with E-state index in [1.54, 1.807) is 0 Å². The van der Waals surface area contributed by atoms with Crippen molar-refractivity contribution in [3.63, 3.8) is 0 Å². The predicted molar refractivity (Wildman–Crippen MR) is 286 cm³/mol. The number of rotatable bonds is 13. The molecule has 10 rings (SSSR count). The van der Waals surface area contributed by atoms with Gasteiger partial charge in [-0.25, -0.2) is 0 Å². The van der Waals surface area contributed by atoms with E-state index in [1.165, 1.54) is 82.1 Å². The van der Waals surface area contributed by atoms with Crippen LogP contribution in [-0.4, -0.2) is 24.1 Å². The van der Waals surface area contributed by atoms with E-state index < -0.39 is 0 Å². The van der Waals surface area contributed by atoms with Crippen LogP contribution in [0.15, 0.2) is 170 Å². The Bertz CT molecular complexity index is 3400. The molecule has 0 spiro atoms. The van der Waals surface area contributed by atoms with Crippen molar-refractivity contribution in [2.45, 2.75) is 78.3 Å². The minimum absolute atomic E-state index is 0.307. The van der Waals surface area contributed by atoms with Gasteiger partial charge in [-0.05, 0) is 128 Å². The summed E-state index contributed by atoms with van der Waals surface area (Å²) >= 11 is 0. The van der Waals surface area contributed by atoms with Crippen LogP contribution in [0.2, 0.25) is 0 Å². The zero-order valence-corrected chi connectivity index (χ0v) is 39.4. The SMILES string of the molecule is CCCCCCn1c2ccccc2c2cc(C#Cc3nc(C#Cc4ccc(N(c5ccccc5)c5ccccc5)cc4)nc(C#Cc4ccc5c(c4)c4ccccc4n5CCCCCC)n3)ccc21. The Labute approximate surface area is 405 Å². The summed E-state index contributed by atoms with van der Waals surface area (Å²) in [6.07, 6.45) is 9.73. The maximum Gasteiger partial charge on any atom is 0.210 e. The summed E-state index contributed by atoms with van der Waals surface area (Å²) in [6, 6.07) is 59.3. The van der Waals surface area contributed by atoms with Gasteiger partial charge in [0.25, 0.3) is 0 Å². The smallest absolute Gasteiger partial charge is 0.210 e. The van der Waals surface area contributed by atoms with Gasteiger partial charge in [0.2, 0.25) is 17.5 Å². The minimum Gasteiger partial charge on any atom is -0.340 e. The molecule has 6 heteroatoms. The highest BCUT2D eigenvalue weighted by Crippen LogP contribution is 2.35. The third kappa shape index (κ3) is 10.0. The first-order chi connectivity index (χ1) is 34.1. The first-order valence-electron chi connectivity index (χ1n) is 24.5. The molecule has 3 aromatic heterocycles. The highest BCUT2D eigenvalue weighted by molar-refractivity contribution is 6.09. The number of aryl methyl sites for hydroxylation is 2. The van der Waals surface area contributed by atoms with Crippen LogP contribution in [-0.2, 0) is 13.1 Å². The van der Waals surface area contributed by atoms with Gasteiger partial charge in [-0.2, -0.15) is 15.0 Å². The number of anilines is 3. The lowest BCUT2D eigenvalue weighted by Crippen LogP contribution is -2.09. The number of hydrogen-bond donors (Lipinski definition) is 0.